The highest BCUT2D eigenvalue weighted by atomic mass is 32.2. The Labute approximate surface area is 79.3 Å². The van der Waals surface area contributed by atoms with E-state index >= 15 is 0 Å². The highest BCUT2D eigenvalue weighted by Gasteiger charge is 2.27. The van der Waals surface area contributed by atoms with E-state index in [4.69, 9.17) is 0 Å². The van der Waals surface area contributed by atoms with E-state index in [1.165, 1.54) is 0 Å². The molecule has 0 amide bonds. The van der Waals surface area contributed by atoms with E-state index in [0.717, 1.165) is 23.5 Å². The molecule has 0 aliphatic carbocycles. The lowest BCUT2D eigenvalue weighted by molar-refractivity contribution is 0.655. The molecule has 1 fully saturated rings. The van der Waals surface area contributed by atoms with Crippen molar-refractivity contribution in [2.24, 2.45) is 0 Å². The van der Waals surface area contributed by atoms with Gasteiger partial charge in [-0.05, 0) is 30.5 Å². The average molecular weight is 195 g/mol. The molecule has 0 aromatic heterocycles. The van der Waals surface area contributed by atoms with E-state index in [1.54, 1.807) is 0 Å². The Kier molecular flexibility index (Phi) is 1.93. The van der Waals surface area contributed by atoms with Gasteiger partial charge in [-0.15, -0.1) is 0 Å². The van der Waals surface area contributed by atoms with Gasteiger partial charge < -0.3 is 0 Å². The molecular weight excluding hydrogens is 182 g/mol. The fourth-order valence-corrected chi connectivity index (χ4v) is 2.93. The van der Waals surface area contributed by atoms with Crippen molar-refractivity contribution < 1.29 is 4.21 Å². The molecule has 0 radical (unpaired) electrons. The molecule has 1 aromatic rings. The Morgan fingerprint density at radius 3 is 2.69 bits per heavy atom. The highest BCUT2D eigenvalue weighted by Crippen LogP contribution is 2.21. The van der Waals surface area contributed by atoms with Gasteiger partial charge in [0, 0.05) is 18.0 Å². The number of hydrogen-bond donors (Lipinski definition) is 0. The van der Waals surface area contributed by atoms with Crippen LogP contribution in [0.5, 0.6) is 0 Å². The summed E-state index contributed by atoms with van der Waals surface area (Å²) in [4.78, 5) is 0.852. The van der Waals surface area contributed by atoms with Gasteiger partial charge in [0.25, 0.3) is 0 Å². The summed E-state index contributed by atoms with van der Waals surface area (Å²) in [5.41, 5.74) is 1.13. The van der Waals surface area contributed by atoms with Crippen molar-refractivity contribution in [1.82, 2.24) is 4.31 Å². The monoisotopic (exact) mass is 195 g/mol. The van der Waals surface area contributed by atoms with Crippen molar-refractivity contribution in [2.75, 3.05) is 13.1 Å². The molecule has 3 heteroatoms. The van der Waals surface area contributed by atoms with Gasteiger partial charge in [0.15, 0.2) is 0 Å². The molecule has 2 rings (SSSR count). The topological polar surface area (TPSA) is 20.1 Å². The third-order valence-corrected chi connectivity index (χ3v) is 4.37. The summed E-state index contributed by atoms with van der Waals surface area (Å²) >= 11 is 0. The number of nitrogens with zero attached hydrogens (tertiary/aromatic N) is 1. The molecule has 0 N–H and O–H groups in total. The molecular formula is C10H13NOS. The maximum atomic E-state index is 12.1. The maximum absolute atomic E-state index is 12.1. The normalized spacial score (nSPS) is 21.0. The van der Waals surface area contributed by atoms with Gasteiger partial charge in [-0.2, -0.15) is 0 Å². The molecule has 0 spiro atoms. The van der Waals surface area contributed by atoms with Crippen LogP contribution in [0.2, 0.25) is 0 Å². The Morgan fingerprint density at radius 2 is 2.15 bits per heavy atom. The second-order valence-electron chi connectivity index (χ2n) is 3.39. The largest absolute Gasteiger partial charge is 0.248 e. The van der Waals surface area contributed by atoms with Crippen molar-refractivity contribution in [3.8, 4) is 0 Å². The maximum Gasteiger partial charge on any atom is 0.0559 e. The molecule has 1 aliphatic heterocycles. The predicted octanol–water partition coefficient (Wildman–Crippen LogP) is 1.30. The minimum atomic E-state index is -2.15. The van der Waals surface area contributed by atoms with Gasteiger partial charge >= 0.3 is 0 Å². The summed E-state index contributed by atoms with van der Waals surface area (Å²) in [6.07, 6.45) is 0. The molecule has 2 nitrogen and oxygen atoms in total. The van der Waals surface area contributed by atoms with Crippen molar-refractivity contribution in [3.05, 3.63) is 29.8 Å². The quantitative estimate of drug-likeness (QED) is 0.514. The Hall–Kier alpha value is -0.800. The van der Waals surface area contributed by atoms with Crippen LogP contribution in [0.1, 0.15) is 5.56 Å². The van der Waals surface area contributed by atoms with Crippen molar-refractivity contribution in [3.63, 3.8) is 0 Å². The van der Waals surface area contributed by atoms with Gasteiger partial charge in [-0.25, -0.2) is 8.51 Å². The van der Waals surface area contributed by atoms with Crippen LogP contribution >= 0.6 is 0 Å². The highest BCUT2D eigenvalue weighted by molar-refractivity contribution is 7.98. The van der Waals surface area contributed by atoms with Crippen LogP contribution in [0.15, 0.2) is 29.2 Å². The first-order chi connectivity index (χ1) is 6.10. The summed E-state index contributed by atoms with van der Waals surface area (Å²) in [7, 11) is -2.15. The SMILES string of the molecule is C=S(=O)(c1cccc(C)c1)N1CC1. The zero-order valence-corrected chi connectivity index (χ0v) is 8.51. The second-order valence-corrected chi connectivity index (χ2v) is 5.65. The van der Waals surface area contributed by atoms with Crippen LogP contribution in [0, 0.1) is 6.92 Å². The van der Waals surface area contributed by atoms with E-state index in [2.05, 4.69) is 5.87 Å². The Morgan fingerprint density at radius 1 is 1.46 bits per heavy atom. The molecule has 13 heavy (non-hydrogen) atoms. The molecule has 1 saturated heterocycles. The number of rotatable bonds is 2. The van der Waals surface area contributed by atoms with Gasteiger partial charge in [0.1, 0.15) is 0 Å². The number of aryl methyl sites for hydroxylation is 1. The molecule has 1 unspecified atom stereocenters. The predicted molar refractivity (Wildman–Crippen MR) is 56.3 cm³/mol. The average Bonchev–Trinajstić information content (AvgIpc) is 2.86. The summed E-state index contributed by atoms with van der Waals surface area (Å²) in [5.74, 6) is 3.80. The first-order valence-electron chi connectivity index (χ1n) is 4.30. The minimum Gasteiger partial charge on any atom is -0.248 e. The van der Waals surface area contributed by atoms with Gasteiger partial charge in [0.05, 0.1) is 9.71 Å². The van der Waals surface area contributed by atoms with Crippen LogP contribution in [-0.2, 0) is 9.71 Å². The van der Waals surface area contributed by atoms with E-state index in [9.17, 15) is 4.21 Å². The zero-order chi connectivity index (χ0) is 9.47. The fraction of sp³-hybridized carbons (Fsp3) is 0.300. The lowest BCUT2D eigenvalue weighted by atomic mass is 10.2. The van der Waals surface area contributed by atoms with E-state index in [0.29, 0.717) is 0 Å². The summed E-state index contributed by atoms with van der Waals surface area (Å²) in [5, 5.41) is 0. The lowest BCUT2D eigenvalue weighted by Gasteiger charge is -2.09. The van der Waals surface area contributed by atoms with E-state index in [-0.39, 0.29) is 0 Å². The molecule has 0 saturated carbocycles. The summed E-state index contributed by atoms with van der Waals surface area (Å²) < 4.78 is 14.0. The van der Waals surface area contributed by atoms with Crippen LogP contribution in [-0.4, -0.2) is 27.5 Å². The smallest absolute Gasteiger partial charge is 0.0559 e. The van der Waals surface area contributed by atoms with Crippen molar-refractivity contribution in [1.29, 1.82) is 0 Å². The van der Waals surface area contributed by atoms with Crippen LogP contribution in [0.25, 0.3) is 0 Å². The third-order valence-electron chi connectivity index (χ3n) is 2.18. The molecule has 1 heterocycles. The Balaban J connectivity index is 2.45. The van der Waals surface area contributed by atoms with E-state index < -0.39 is 9.71 Å². The summed E-state index contributed by atoms with van der Waals surface area (Å²) in [6, 6.07) is 7.77. The third kappa shape index (κ3) is 1.62. The van der Waals surface area contributed by atoms with Gasteiger partial charge in [-0.3, -0.25) is 0 Å². The number of benzene rings is 1. The molecule has 1 aromatic carbocycles. The second kappa shape index (κ2) is 2.86. The first kappa shape index (κ1) is 8.78. The van der Waals surface area contributed by atoms with Gasteiger partial charge in [0.2, 0.25) is 0 Å². The molecule has 1 atom stereocenters. The molecule has 0 bridgehead atoms. The van der Waals surface area contributed by atoms with Crippen LogP contribution in [0.4, 0.5) is 0 Å². The van der Waals surface area contributed by atoms with E-state index in [1.807, 2.05) is 35.5 Å². The lowest BCUT2D eigenvalue weighted by Crippen LogP contribution is -2.11. The molecule has 70 valence electrons. The number of hydrogen-bond acceptors (Lipinski definition) is 1. The van der Waals surface area contributed by atoms with Crippen LogP contribution < -0.4 is 0 Å². The molecule has 1 aliphatic rings. The summed E-state index contributed by atoms with van der Waals surface area (Å²) in [6.45, 7) is 3.83. The first-order valence-corrected chi connectivity index (χ1v) is 5.98. The Bertz CT molecular complexity index is 418. The van der Waals surface area contributed by atoms with Crippen molar-refractivity contribution >= 4 is 15.6 Å². The van der Waals surface area contributed by atoms with Crippen LogP contribution in [0.3, 0.4) is 0 Å². The van der Waals surface area contributed by atoms with Gasteiger partial charge in [-0.1, -0.05) is 12.1 Å². The fourth-order valence-electron chi connectivity index (χ4n) is 1.30. The van der Waals surface area contributed by atoms with Crippen molar-refractivity contribution in [2.45, 2.75) is 11.8 Å². The zero-order valence-electron chi connectivity index (χ0n) is 7.69. The standard InChI is InChI=1S/C10H13NOS/c1-9-4-3-5-10(8-9)13(2,12)11-6-7-11/h3-5,8H,2,6-7H2,1H3. The minimum absolute atomic E-state index is 0.852.